The summed E-state index contributed by atoms with van der Waals surface area (Å²) in [5, 5.41) is 16.9. The van der Waals surface area contributed by atoms with Crippen LogP contribution in [0.2, 0.25) is 0 Å². The van der Waals surface area contributed by atoms with Crippen LogP contribution >= 0.6 is 11.3 Å². The number of hydrogen-bond acceptors (Lipinski definition) is 7. The summed E-state index contributed by atoms with van der Waals surface area (Å²) in [5.41, 5.74) is 1.51. The molecule has 1 unspecified atom stereocenters. The average Bonchev–Trinajstić information content (AvgIpc) is 3.03. The molecule has 1 N–H and O–H groups in total. The summed E-state index contributed by atoms with van der Waals surface area (Å²) in [5.74, 6) is 0. The standard InChI is InChI=1S/C13H12N4O3S/c1-7-6-21-12(14-7)8(2)15-13-16-11-9(17(18)19)4-3-5-10(11)20-13/h3-6,8H,1-2H3,(H,15,16). The van der Waals surface area contributed by atoms with Gasteiger partial charge in [0.1, 0.15) is 5.01 Å². The van der Waals surface area contributed by atoms with Crippen molar-refractivity contribution >= 4 is 34.1 Å². The Morgan fingerprint density at radius 2 is 2.24 bits per heavy atom. The molecule has 3 rings (SSSR count). The molecule has 2 aromatic heterocycles. The molecule has 0 fully saturated rings. The number of rotatable bonds is 4. The third-order valence-corrected chi connectivity index (χ3v) is 4.09. The minimum atomic E-state index is -0.470. The highest BCUT2D eigenvalue weighted by Crippen LogP contribution is 2.29. The van der Waals surface area contributed by atoms with E-state index in [1.165, 1.54) is 6.07 Å². The van der Waals surface area contributed by atoms with Crippen LogP contribution in [0.1, 0.15) is 23.7 Å². The van der Waals surface area contributed by atoms with Gasteiger partial charge in [-0.05, 0) is 19.9 Å². The van der Waals surface area contributed by atoms with Crippen LogP contribution in [0.5, 0.6) is 0 Å². The highest BCUT2D eigenvalue weighted by Gasteiger charge is 2.19. The molecule has 0 saturated heterocycles. The second kappa shape index (κ2) is 5.13. The zero-order valence-electron chi connectivity index (χ0n) is 11.4. The van der Waals surface area contributed by atoms with Gasteiger partial charge in [0.05, 0.1) is 11.0 Å². The van der Waals surface area contributed by atoms with Gasteiger partial charge in [-0.25, -0.2) is 4.98 Å². The molecule has 8 heteroatoms. The zero-order valence-corrected chi connectivity index (χ0v) is 12.2. The third-order valence-electron chi connectivity index (χ3n) is 2.94. The van der Waals surface area contributed by atoms with Crippen molar-refractivity contribution in [3.8, 4) is 0 Å². The van der Waals surface area contributed by atoms with Crippen LogP contribution in [0.4, 0.5) is 11.7 Å². The Labute approximate surface area is 123 Å². The lowest BCUT2D eigenvalue weighted by Gasteiger charge is -2.07. The first-order valence-corrected chi connectivity index (χ1v) is 7.15. The summed E-state index contributed by atoms with van der Waals surface area (Å²) in [6.07, 6.45) is 0. The molecule has 2 heterocycles. The largest absolute Gasteiger partial charge is 0.423 e. The van der Waals surface area contributed by atoms with Crippen molar-refractivity contribution in [3.05, 3.63) is 44.4 Å². The fourth-order valence-electron chi connectivity index (χ4n) is 1.96. The molecule has 1 atom stereocenters. The Bertz CT molecular complexity index is 811. The maximum Gasteiger partial charge on any atom is 0.298 e. The van der Waals surface area contributed by atoms with Gasteiger partial charge in [-0.2, -0.15) is 4.98 Å². The molecule has 7 nitrogen and oxygen atoms in total. The van der Waals surface area contributed by atoms with Crippen molar-refractivity contribution in [1.29, 1.82) is 0 Å². The van der Waals surface area contributed by atoms with Gasteiger partial charge >= 0.3 is 0 Å². The lowest BCUT2D eigenvalue weighted by atomic mass is 10.3. The molecule has 0 aliphatic rings. The number of non-ortho nitro benzene ring substituents is 1. The molecule has 0 spiro atoms. The van der Waals surface area contributed by atoms with Gasteiger partial charge in [0.25, 0.3) is 11.7 Å². The molecular weight excluding hydrogens is 292 g/mol. The van der Waals surface area contributed by atoms with Crippen molar-refractivity contribution in [2.75, 3.05) is 5.32 Å². The van der Waals surface area contributed by atoms with Gasteiger partial charge in [-0.15, -0.1) is 11.3 Å². The van der Waals surface area contributed by atoms with Crippen molar-refractivity contribution in [1.82, 2.24) is 9.97 Å². The van der Waals surface area contributed by atoms with Crippen molar-refractivity contribution in [2.24, 2.45) is 0 Å². The van der Waals surface area contributed by atoms with Crippen LogP contribution < -0.4 is 5.32 Å². The predicted octanol–water partition coefficient (Wildman–Crippen LogP) is 3.67. The highest BCUT2D eigenvalue weighted by atomic mass is 32.1. The number of nitrogens with one attached hydrogen (secondary N) is 1. The molecule has 21 heavy (non-hydrogen) atoms. The van der Waals surface area contributed by atoms with E-state index in [-0.39, 0.29) is 23.3 Å². The lowest BCUT2D eigenvalue weighted by Crippen LogP contribution is -2.06. The Balaban J connectivity index is 1.91. The third kappa shape index (κ3) is 2.57. The van der Waals surface area contributed by atoms with Gasteiger partial charge < -0.3 is 9.73 Å². The van der Waals surface area contributed by atoms with E-state index in [1.54, 1.807) is 23.5 Å². The van der Waals surface area contributed by atoms with E-state index in [9.17, 15) is 10.1 Å². The number of anilines is 1. The summed E-state index contributed by atoms with van der Waals surface area (Å²) >= 11 is 1.54. The molecule has 0 bridgehead atoms. The van der Waals surface area contributed by atoms with Crippen LogP contribution in [-0.2, 0) is 0 Å². The topological polar surface area (TPSA) is 94.1 Å². The number of nitrogens with zero attached hydrogens (tertiary/aromatic N) is 3. The van der Waals surface area contributed by atoms with Crippen molar-refractivity contribution in [3.63, 3.8) is 0 Å². The van der Waals surface area contributed by atoms with Gasteiger partial charge in [-0.3, -0.25) is 10.1 Å². The van der Waals surface area contributed by atoms with E-state index in [4.69, 9.17) is 4.42 Å². The lowest BCUT2D eigenvalue weighted by molar-refractivity contribution is -0.383. The van der Waals surface area contributed by atoms with Gasteiger partial charge in [0, 0.05) is 17.1 Å². The van der Waals surface area contributed by atoms with Gasteiger partial charge in [-0.1, -0.05) is 6.07 Å². The van der Waals surface area contributed by atoms with Crippen molar-refractivity contribution in [2.45, 2.75) is 19.9 Å². The minimum absolute atomic E-state index is 0.0675. The summed E-state index contributed by atoms with van der Waals surface area (Å²) in [6.45, 7) is 3.86. The van der Waals surface area contributed by atoms with E-state index in [1.807, 2.05) is 19.2 Å². The van der Waals surface area contributed by atoms with Crippen molar-refractivity contribution < 1.29 is 9.34 Å². The summed E-state index contributed by atoms with van der Waals surface area (Å²) in [6, 6.07) is 4.79. The second-order valence-corrected chi connectivity index (χ2v) is 5.48. The van der Waals surface area contributed by atoms with Gasteiger partial charge in [0.15, 0.2) is 11.1 Å². The monoisotopic (exact) mass is 304 g/mol. The fourth-order valence-corrected chi connectivity index (χ4v) is 2.76. The van der Waals surface area contributed by atoms with Crippen LogP contribution in [0.15, 0.2) is 28.0 Å². The van der Waals surface area contributed by atoms with E-state index >= 15 is 0 Å². The number of aryl methyl sites for hydroxylation is 1. The number of nitro groups is 1. The molecule has 0 radical (unpaired) electrons. The average molecular weight is 304 g/mol. The maximum atomic E-state index is 11.0. The van der Waals surface area contributed by atoms with Crippen LogP contribution in [0, 0.1) is 17.0 Å². The molecular formula is C13H12N4O3S. The van der Waals surface area contributed by atoms with Gasteiger partial charge in [0.2, 0.25) is 0 Å². The second-order valence-electron chi connectivity index (χ2n) is 4.59. The van der Waals surface area contributed by atoms with E-state index in [0.29, 0.717) is 5.58 Å². The fraction of sp³-hybridized carbons (Fsp3) is 0.231. The first-order valence-electron chi connectivity index (χ1n) is 6.27. The Kier molecular flexibility index (Phi) is 3.30. The normalized spacial score (nSPS) is 12.5. The summed E-state index contributed by atoms with van der Waals surface area (Å²) < 4.78 is 5.51. The Hall–Kier alpha value is -2.48. The van der Waals surface area contributed by atoms with Crippen LogP contribution in [0.3, 0.4) is 0 Å². The molecule has 0 amide bonds. The molecule has 108 valence electrons. The molecule has 0 saturated carbocycles. The molecule has 0 aliphatic carbocycles. The predicted molar refractivity (Wildman–Crippen MR) is 79.6 cm³/mol. The highest BCUT2D eigenvalue weighted by molar-refractivity contribution is 7.09. The Morgan fingerprint density at radius 3 is 2.90 bits per heavy atom. The number of fused-ring (bicyclic) bond motifs is 1. The summed E-state index contributed by atoms with van der Waals surface area (Å²) in [7, 11) is 0. The number of aromatic nitrogens is 2. The number of nitro benzene ring substituents is 1. The number of para-hydroxylation sites is 1. The first kappa shape index (κ1) is 13.5. The molecule has 1 aromatic carbocycles. The van der Waals surface area contributed by atoms with Crippen LogP contribution in [0.25, 0.3) is 11.1 Å². The number of thiazole rings is 1. The minimum Gasteiger partial charge on any atom is -0.423 e. The smallest absolute Gasteiger partial charge is 0.298 e. The zero-order chi connectivity index (χ0) is 15.0. The van der Waals surface area contributed by atoms with E-state index < -0.39 is 4.92 Å². The molecule has 0 aliphatic heterocycles. The summed E-state index contributed by atoms with van der Waals surface area (Å²) in [4.78, 5) is 19.0. The van der Waals surface area contributed by atoms with E-state index in [0.717, 1.165) is 10.7 Å². The number of benzene rings is 1. The number of oxazole rings is 1. The number of hydrogen-bond donors (Lipinski definition) is 1. The first-order chi connectivity index (χ1) is 10.0. The SMILES string of the molecule is Cc1csc(C(C)Nc2nc3c([N+](=O)[O-])cccc3o2)n1. The maximum absolute atomic E-state index is 11.0. The molecule has 3 aromatic rings. The van der Waals surface area contributed by atoms with Crippen LogP contribution in [-0.4, -0.2) is 14.9 Å². The van der Waals surface area contributed by atoms with E-state index in [2.05, 4.69) is 15.3 Å². The quantitative estimate of drug-likeness (QED) is 0.583. The Morgan fingerprint density at radius 1 is 1.43 bits per heavy atom.